The van der Waals surface area contributed by atoms with Crippen molar-refractivity contribution >= 4 is 17.9 Å². The summed E-state index contributed by atoms with van der Waals surface area (Å²) in [6.07, 6.45) is 5.87. The number of fused-ring (bicyclic) bond motifs is 1. The molecule has 1 aromatic rings. The van der Waals surface area contributed by atoms with E-state index in [1.54, 1.807) is 24.6 Å². The number of allylic oxidation sites excluding steroid dienone is 1. The number of nitrogens with two attached hydrogens (primary N) is 1. The lowest BCUT2D eigenvalue weighted by molar-refractivity contribution is -0.803. The van der Waals surface area contributed by atoms with Gasteiger partial charge in [-0.1, -0.05) is 5.92 Å². The fourth-order valence-corrected chi connectivity index (χ4v) is 2.70. The smallest absolute Gasteiger partial charge is 0.300 e. The Balaban J connectivity index is 1.61. The number of aliphatic imine (C=N–C) groups is 2. The van der Waals surface area contributed by atoms with Gasteiger partial charge >= 0.3 is 0 Å². The largest absolute Gasteiger partial charge is 0.461 e. The van der Waals surface area contributed by atoms with Crippen molar-refractivity contribution in [1.82, 2.24) is 5.32 Å². The number of nitrogens with one attached hydrogen (secondary N) is 1. The van der Waals surface area contributed by atoms with Gasteiger partial charge in [0, 0.05) is 0 Å². The van der Waals surface area contributed by atoms with Crippen LogP contribution in [0.25, 0.3) is 0 Å². The summed E-state index contributed by atoms with van der Waals surface area (Å²) < 4.78 is 4.94. The van der Waals surface area contributed by atoms with Gasteiger partial charge in [0.25, 0.3) is 11.7 Å². The molecule has 0 amide bonds. The normalized spacial score (nSPS) is 27.5. The van der Waals surface area contributed by atoms with Crippen molar-refractivity contribution in [3.8, 4) is 11.8 Å². The zero-order valence-corrected chi connectivity index (χ0v) is 12.9. The summed E-state index contributed by atoms with van der Waals surface area (Å²) in [5.74, 6) is 13.5. The highest BCUT2D eigenvalue weighted by atomic mass is 16.3. The van der Waals surface area contributed by atoms with Crippen LogP contribution < -0.4 is 11.2 Å². The predicted octanol–water partition coefficient (Wildman–Crippen LogP) is 0.0875. The van der Waals surface area contributed by atoms with Gasteiger partial charge in [-0.05, 0) is 53.8 Å². The molecule has 122 valence electrons. The van der Waals surface area contributed by atoms with Crippen molar-refractivity contribution in [2.45, 2.75) is 18.4 Å². The third-order valence-electron chi connectivity index (χ3n) is 4.08. The number of quaternary nitrogens is 1. The average Bonchev–Trinajstić information content (AvgIpc) is 3.20. The molecule has 0 aliphatic carbocycles. The molecule has 0 radical (unpaired) electrons. The Morgan fingerprint density at radius 2 is 2.21 bits per heavy atom. The minimum Gasteiger partial charge on any atom is -0.461 e. The van der Waals surface area contributed by atoms with Crippen LogP contribution >= 0.6 is 0 Å². The molecular weight excluding hydrogens is 308 g/mol. The van der Waals surface area contributed by atoms with E-state index < -0.39 is 5.60 Å². The molecule has 0 aromatic carbocycles. The van der Waals surface area contributed by atoms with Gasteiger partial charge < -0.3 is 14.8 Å². The van der Waals surface area contributed by atoms with Crippen LogP contribution in [0.2, 0.25) is 0 Å². The van der Waals surface area contributed by atoms with Crippen molar-refractivity contribution < 1.29 is 14.2 Å². The van der Waals surface area contributed by atoms with E-state index in [1.807, 2.05) is 0 Å². The maximum Gasteiger partial charge on any atom is 0.300 e. The van der Waals surface area contributed by atoms with Gasteiger partial charge in [-0.15, -0.1) is 5.84 Å². The summed E-state index contributed by atoms with van der Waals surface area (Å²) in [6, 6.07) is 3.53. The fourth-order valence-electron chi connectivity index (χ4n) is 2.70. The molecule has 0 bridgehead atoms. The van der Waals surface area contributed by atoms with Gasteiger partial charge in [0.1, 0.15) is 11.8 Å². The van der Waals surface area contributed by atoms with E-state index in [4.69, 9.17) is 10.3 Å². The zero-order valence-electron chi connectivity index (χ0n) is 12.9. The first-order chi connectivity index (χ1) is 11.6. The van der Waals surface area contributed by atoms with Crippen LogP contribution in [0.5, 0.6) is 0 Å². The molecule has 0 spiro atoms. The maximum absolute atomic E-state index is 10.4. The van der Waals surface area contributed by atoms with Gasteiger partial charge in [-0.3, -0.25) is 0 Å². The van der Waals surface area contributed by atoms with E-state index in [9.17, 15) is 5.11 Å². The Hall–Kier alpha value is -2.57. The lowest BCUT2D eigenvalue weighted by Crippen LogP contribution is -2.50. The van der Waals surface area contributed by atoms with Crippen LogP contribution in [-0.2, 0) is 0 Å². The monoisotopic (exact) mass is 325 g/mol. The van der Waals surface area contributed by atoms with Crippen LogP contribution in [0.15, 0.2) is 49.8 Å². The second-order valence-corrected chi connectivity index (χ2v) is 5.91. The number of furan rings is 1. The molecule has 4 N–H and O–H groups in total. The zero-order chi connectivity index (χ0) is 16.6. The molecule has 1 atom stereocenters. The molecule has 3 aliphatic heterocycles. The Kier molecular flexibility index (Phi) is 3.44. The average molecular weight is 325 g/mol. The molecule has 8 heteroatoms. The number of piperidine rings is 1. The minimum atomic E-state index is -0.983. The lowest BCUT2D eigenvalue weighted by Gasteiger charge is -2.27. The first-order valence-electron chi connectivity index (χ1n) is 7.70. The first kappa shape index (κ1) is 15.0. The molecule has 1 unspecified atom stereocenters. The van der Waals surface area contributed by atoms with Crippen molar-refractivity contribution in [2.75, 3.05) is 13.1 Å². The van der Waals surface area contributed by atoms with Crippen LogP contribution in [0.1, 0.15) is 18.6 Å². The molecule has 0 saturated carbocycles. The van der Waals surface area contributed by atoms with Crippen molar-refractivity contribution in [2.24, 2.45) is 20.9 Å². The second-order valence-electron chi connectivity index (χ2n) is 5.91. The SMILES string of the molecule is N[N+]12C=C(C#CC3(O)CCNCC3)N=CC1=NC(c1ccco1)=N2. The highest BCUT2D eigenvalue weighted by molar-refractivity contribution is 6.31. The molecule has 8 nitrogen and oxygen atoms in total. The van der Waals surface area contributed by atoms with Gasteiger partial charge in [0.2, 0.25) is 0 Å². The number of aliphatic hydroxyl groups is 1. The number of amidine groups is 2. The third-order valence-corrected chi connectivity index (χ3v) is 4.08. The van der Waals surface area contributed by atoms with Crippen LogP contribution in [0.4, 0.5) is 0 Å². The highest BCUT2D eigenvalue weighted by Gasteiger charge is 2.40. The summed E-state index contributed by atoms with van der Waals surface area (Å²) in [6.45, 7) is 1.50. The molecule has 1 fully saturated rings. The Labute approximate surface area is 138 Å². The number of rotatable bonds is 1. The van der Waals surface area contributed by atoms with Crippen molar-refractivity contribution in [3.05, 3.63) is 36.1 Å². The van der Waals surface area contributed by atoms with E-state index in [0.29, 0.717) is 36.0 Å². The predicted molar refractivity (Wildman–Crippen MR) is 88.5 cm³/mol. The fraction of sp³-hybridized carbons (Fsp3) is 0.312. The molecule has 1 saturated heterocycles. The molecular formula is C16H17N6O2+. The van der Waals surface area contributed by atoms with Crippen LogP contribution in [0.3, 0.4) is 0 Å². The van der Waals surface area contributed by atoms with Crippen LogP contribution in [-0.4, -0.2) is 46.4 Å². The van der Waals surface area contributed by atoms with Gasteiger partial charge in [-0.25, -0.2) is 4.99 Å². The van der Waals surface area contributed by atoms with Gasteiger partial charge in [-0.2, -0.15) is 4.99 Å². The molecule has 3 aliphatic rings. The Morgan fingerprint density at radius 3 is 2.96 bits per heavy atom. The minimum absolute atomic E-state index is 0.358. The van der Waals surface area contributed by atoms with E-state index >= 15 is 0 Å². The van der Waals surface area contributed by atoms with Gasteiger partial charge in [0.05, 0.1) is 6.26 Å². The number of hydrogen-bond donors (Lipinski definition) is 3. The highest BCUT2D eigenvalue weighted by Crippen LogP contribution is 2.22. The third kappa shape index (κ3) is 2.70. The van der Waals surface area contributed by atoms with E-state index in [0.717, 1.165) is 13.1 Å². The van der Waals surface area contributed by atoms with E-state index in [-0.39, 0.29) is 4.70 Å². The van der Waals surface area contributed by atoms with E-state index in [1.165, 1.54) is 6.21 Å². The Morgan fingerprint density at radius 1 is 1.38 bits per heavy atom. The molecule has 1 aromatic heterocycles. The summed E-state index contributed by atoms with van der Waals surface area (Å²) in [7, 11) is 0. The number of nitrogens with zero attached hydrogens (tertiary/aromatic N) is 4. The van der Waals surface area contributed by atoms with Crippen molar-refractivity contribution in [3.63, 3.8) is 0 Å². The van der Waals surface area contributed by atoms with Gasteiger partial charge in [0.15, 0.2) is 17.7 Å². The van der Waals surface area contributed by atoms with E-state index in [2.05, 4.69) is 32.2 Å². The standard InChI is InChI=1S/C16H17N6O2/c17-22-11-12(3-4-16(23)5-7-18-8-6-16)19-10-14(22)20-15(21-22)13-2-1-9-24-13/h1-2,9-11,18,23H,5-8,17H2/q+1. The molecule has 24 heavy (non-hydrogen) atoms. The first-order valence-corrected chi connectivity index (χ1v) is 7.70. The summed E-state index contributed by atoms with van der Waals surface area (Å²) in [5.41, 5.74) is -0.531. The molecule has 4 heterocycles. The van der Waals surface area contributed by atoms with Crippen LogP contribution in [0, 0.1) is 11.8 Å². The summed E-state index contributed by atoms with van der Waals surface area (Å²) >= 11 is 0. The quantitative estimate of drug-likeness (QED) is 0.386. The summed E-state index contributed by atoms with van der Waals surface area (Å²) in [4.78, 5) is 8.60. The topological polar surface area (TPSA) is 108 Å². The Bertz CT molecular complexity index is 834. The lowest BCUT2D eigenvalue weighted by atomic mass is 9.93. The summed E-state index contributed by atoms with van der Waals surface area (Å²) in [5, 5.41) is 18.0. The molecule has 4 rings (SSSR count). The number of hydrogen-bond acceptors (Lipinski definition) is 7. The second kappa shape index (κ2) is 5.51. The van der Waals surface area contributed by atoms with Crippen molar-refractivity contribution in [1.29, 1.82) is 0 Å². The maximum atomic E-state index is 10.4.